The van der Waals surface area contributed by atoms with E-state index >= 15 is 0 Å². The van der Waals surface area contributed by atoms with Gasteiger partial charge in [-0.3, -0.25) is 10.1 Å². The smallest absolute Gasteiger partial charge is 0.335 e. The van der Waals surface area contributed by atoms with E-state index in [0.29, 0.717) is 22.6 Å². The molecule has 2 aromatic rings. The van der Waals surface area contributed by atoms with Crippen LogP contribution in [0.15, 0.2) is 30.3 Å². The van der Waals surface area contributed by atoms with Crippen LogP contribution in [-0.2, 0) is 0 Å². The van der Waals surface area contributed by atoms with Crippen molar-refractivity contribution in [1.29, 1.82) is 0 Å². The number of aryl methyl sites for hydroxylation is 2. The highest BCUT2D eigenvalue weighted by molar-refractivity contribution is 5.88. The van der Waals surface area contributed by atoms with E-state index in [2.05, 4.69) is 0 Å². The molecule has 0 bridgehead atoms. The predicted octanol–water partition coefficient (Wildman–Crippen LogP) is 3.71. The van der Waals surface area contributed by atoms with Crippen molar-refractivity contribution < 1.29 is 24.3 Å². The Morgan fingerprint density at radius 2 is 1.78 bits per heavy atom. The molecule has 0 saturated heterocycles. The molecular formula is C16H15NO6. The third-order valence-electron chi connectivity index (χ3n) is 3.28. The number of hydrogen-bond acceptors (Lipinski definition) is 5. The highest BCUT2D eigenvalue weighted by Crippen LogP contribution is 2.35. The summed E-state index contributed by atoms with van der Waals surface area (Å²) in [7, 11) is 1.34. The molecule has 0 aromatic heterocycles. The van der Waals surface area contributed by atoms with Gasteiger partial charge in [-0.1, -0.05) is 0 Å². The number of nitro groups is 1. The molecule has 0 spiro atoms. The van der Waals surface area contributed by atoms with E-state index in [9.17, 15) is 14.9 Å². The molecule has 0 fully saturated rings. The van der Waals surface area contributed by atoms with Crippen LogP contribution in [0.4, 0.5) is 5.69 Å². The van der Waals surface area contributed by atoms with Crippen LogP contribution in [-0.4, -0.2) is 23.1 Å². The van der Waals surface area contributed by atoms with Crippen molar-refractivity contribution in [2.75, 3.05) is 7.11 Å². The number of aromatic carboxylic acids is 1. The molecular weight excluding hydrogens is 302 g/mol. The number of carboxylic acid groups (broad SMARTS) is 1. The van der Waals surface area contributed by atoms with E-state index in [1.807, 2.05) is 0 Å². The minimum Gasteiger partial charge on any atom is -0.490 e. The van der Waals surface area contributed by atoms with Crippen molar-refractivity contribution in [3.8, 4) is 17.2 Å². The summed E-state index contributed by atoms with van der Waals surface area (Å²) in [6.45, 7) is 3.47. The maximum absolute atomic E-state index is 11.0. The number of carboxylic acids is 1. The second kappa shape index (κ2) is 6.35. The lowest BCUT2D eigenvalue weighted by Gasteiger charge is -2.13. The number of nitrogens with zero attached hydrogens (tertiary/aromatic N) is 1. The summed E-state index contributed by atoms with van der Waals surface area (Å²) in [5, 5.41) is 19.9. The summed E-state index contributed by atoms with van der Waals surface area (Å²) in [5.74, 6) is -0.0580. The average Bonchev–Trinajstić information content (AvgIpc) is 2.50. The second-order valence-electron chi connectivity index (χ2n) is 4.94. The molecule has 0 radical (unpaired) electrons. The quantitative estimate of drug-likeness (QED) is 0.666. The molecule has 0 unspecified atom stereocenters. The topological polar surface area (TPSA) is 98.9 Å². The lowest BCUT2D eigenvalue weighted by molar-refractivity contribution is -0.385. The normalized spacial score (nSPS) is 10.2. The Hall–Kier alpha value is -3.09. The Labute approximate surface area is 132 Å². The molecule has 0 amide bonds. The summed E-state index contributed by atoms with van der Waals surface area (Å²) >= 11 is 0. The molecule has 0 saturated carbocycles. The van der Waals surface area contributed by atoms with Crippen LogP contribution in [0.3, 0.4) is 0 Å². The molecule has 120 valence electrons. The van der Waals surface area contributed by atoms with Gasteiger partial charge in [0, 0.05) is 12.1 Å². The first-order valence-corrected chi connectivity index (χ1v) is 6.68. The SMILES string of the molecule is COc1cc(Oc2c(C)cc(C(=O)O)cc2C)ccc1[N+](=O)[O-]. The monoisotopic (exact) mass is 317 g/mol. The van der Waals surface area contributed by atoms with E-state index in [1.54, 1.807) is 13.8 Å². The van der Waals surface area contributed by atoms with Crippen molar-refractivity contribution in [2.45, 2.75) is 13.8 Å². The van der Waals surface area contributed by atoms with Gasteiger partial charge in [0.15, 0.2) is 0 Å². The molecule has 2 aromatic carbocycles. The number of hydrogen-bond donors (Lipinski definition) is 1. The maximum atomic E-state index is 11.0. The molecule has 0 aliphatic carbocycles. The van der Waals surface area contributed by atoms with Crippen molar-refractivity contribution >= 4 is 11.7 Å². The van der Waals surface area contributed by atoms with E-state index in [0.717, 1.165) is 0 Å². The fourth-order valence-corrected chi connectivity index (χ4v) is 2.22. The largest absolute Gasteiger partial charge is 0.490 e. The van der Waals surface area contributed by atoms with Gasteiger partial charge in [-0.05, 0) is 43.2 Å². The van der Waals surface area contributed by atoms with Gasteiger partial charge in [0.1, 0.15) is 11.5 Å². The summed E-state index contributed by atoms with van der Waals surface area (Å²) < 4.78 is 10.8. The van der Waals surface area contributed by atoms with Gasteiger partial charge in [-0.25, -0.2) is 4.79 Å². The van der Waals surface area contributed by atoms with Crippen LogP contribution in [0.1, 0.15) is 21.5 Å². The van der Waals surface area contributed by atoms with Crippen molar-refractivity contribution in [1.82, 2.24) is 0 Å². The maximum Gasteiger partial charge on any atom is 0.335 e. The Balaban J connectivity index is 2.40. The Morgan fingerprint density at radius 1 is 1.17 bits per heavy atom. The standard InChI is InChI=1S/C16H15NO6/c1-9-6-11(16(18)19)7-10(2)15(9)23-12-4-5-13(17(20)21)14(8-12)22-3/h4-8H,1-3H3,(H,18,19). The molecule has 0 atom stereocenters. The number of methoxy groups -OCH3 is 1. The minimum atomic E-state index is -1.01. The number of ether oxygens (including phenoxy) is 2. The summed E-state index contributed by atoms with van der Waals surface area (Å²) in [4.78, 5) is 21.4. The van der Waals surface area contributed by atoms with Gasteiger partial charge < -0.3 is 14.6 Å². The van der Waals surface area contributed by atoms with Gasteiger partial charge in [-0.15, -0.1) is 0 Å². The Morgan fingerprint density at radius 3 is 2.26 bits per heavy atom. The molecule has 0 heterocycles. The Kier molecular flexibility index (Phi) is 4.49. The number of nitro benzene ring substituents is 1. The van der Waals surface area contributed by atoms with Crippen molar-refractivity contribution in [3.05, 3.63) is 57.1 Å². The third-order valence-corrected chi connectivity index (χ3v) is 3.28. The minimum absolute atomic E-state index is 0.0879. The van der Waals surface area contributed by atoms with Crippen molar-refractivity contribution in [2.24, 2.45) is 0 Å². The second-order valence-corrected chi connectivity index (χ2v) is 4.94. The van der Waals surface area contributed by atoms with Crippen LogP contribution < -0.4 is 9.47 Å². The van der Waals surface area contributed by atoms with Crippen molar-refractivity contribution in [3.63, 3.8) is 0 Å². The first kappa shape index (κ1) is 16.3. The lowest BCUT2D eigenvalue weighted by atomic mass is 10.1. The van der Waals surface area contributed by atoms with Gasteiger partial charge in [-0.2, -0.15) is 0 Å². The van der Waals surface area contributed by atoms with E-state index in [1.165, 1.54) is 37.4 Å². The first-order chi connectivity index (χ1) is 10.8. The highest BCUT2D eigenvalue weighted by Gasteiger charge is 2.17. The van der Waals surface area contributed by atoms with Crippen LogP contribution >= 0.6 is 0 Å². The van der Waals surface area contributed by atoms with E-state index < -0.39 is 10.9 Å². The molecule has 0 aliphatic rings. The summed E-state index contributed by atoms with van der Waals surface area (Å²) in [5.41, 5.74) is 1.32. The van der Waals surface area contributed by atoms with Crippen LogP contribution in [0.5, 0.6) is 17.2 Å². The lowest BCUT2D eigenvalue weighted by Crippen LogP contribution is -2.00. The molecule has 1 N–H and O–H groups in total. The van der Waals surface area contributed by atoms with E-state index in [4.69, 9.17) is 14.6 Å². The average molecular weight is 317 g/mol. The zero-order chi connectivity index (χ0) is 17.1. The fraction of sp³-hybridized carbons (Fsp3) is 0.188. The third kappa shape index (κ3) is 3.39. The molecule has 2 rings (SSSR count). The zero-order valence-corrected chi connectivity index (χ0v) is 12.8. The number of rotatable bonds is 5. The summed E-state index contributed by atoms with van der Waals surface area (Å²) in [6, 6.07) is 7.19. The summed E-state index contributed by atoms with van der Waals surface area (Å²) in [6.07, 6.45) is 0. The van der Waals surface area contributed by atoms with Crippen LogP contribution in [0.25, 0.3) is 0 Å². The van der Waals surface area contributed by atoms with Crippen LogP contribution in [0.2, 0.25) is 0 Å². The number of benzene rings is 2. The molecule has 23 heavy (non-hydrogen) atoms. The van der Waals surface area contributed by atoms with Gasteiger partial charge >= 0.3 is 11.7 Å². The Bertz CT molecular complexity index is 761. The fourth-order valence-electron chi connectivity index (χ4n) is 2.22. The predicted molar refractivity (Wildman–Crippen MR) is 82.6 cm³/mol. The molecule has 7 nitrogen and oxygen atoms in total. The highest BCUT2D eigenvalue weighted by atomic mass is 16.6. The zero-order valence-electron chi connectivity index (χ0n) is 12.8. The first-order valence-electron chi connectivity index (χ1n) is 6.68. The molecule has 7 heteroatoms. The van der Waals surface area contributed by atoms with Crippen LogP contribution in [0, 0.1) is 24.0 Å². The van der Waals surface area contributed by atoms with Gasteiger partial charge in [0.2, 0.25) is 5.75 Å². The van der Waals surface area contributed by atoms with E-state index in [-0.39, 0.29) is 17.0 Å². The molecule has 0 aliphatic heterocycles. The van der Waals surface area contributed by atoms with Gasteiger partial charge in [0.25, 0.3) is 0 Å². The number of carbonyl (C=O) groups is 1. The van der Waals surface area contributed by atoms with Gasteiger partial charge in [0.05, 0.1) is 17.6 Å².